The summed E-state index contributed by atoms with van der Waals surface area (Å²) < 4.78 is 0. The summed E-state index contributed by atoms with van der Waals surface area (Å²) in [5, 5.41) is 19.9. The standard InChI is InChI=1S/C11H16O3/c12-8-3-4-9(10(13)7-8)11(14)5-1-2-6-11/h7,9,13-14H,1-6H2. The van der Waals surface area contributed by atoms with Gasteiger partial charge in [0.25, 0.3) is 0 Å². The number of carbonyl (C=O) groups excluding carboxylic acids is 1. The van der Waals surface area contributed by atoms with E-state index in [4.69, 9.17) is 0 Å². The van der Waals surface area contributed by atoms with Crippen molar-refractivity contribution >= 4 is 5.78 Å². The first-order valence-corrected chi connectivity index (χ1v) is 5.27. The Labute approximate surface area is 83.4 Å². The molecule has 0 amide bonds. The summed E-state index contributed by atoms with van der Waals surface area (Å²) in [6.45, 7) is 0. The molecule has 3 nitrogen and oxygen atoms in total. The molecule has 3 heteroatoms. The Balaban J connectivity index is 2.18. The van der Waals surface area contributed by atoms with Gasteiger partial charge in [-0.05, 0) is 19.3 Å². The van der Waals surface area contributed by atoms with Crippen LogP contribution in [0.4, 0.5) is 0 Å². The Morgan fingerprint density at radius 1 is 1.36 bits per heavy atom. The van der Waals surface area contributed by atoms with Gasteiger partial charge in [0.05, 0.1) is 5.60 Å². The van der Waals surface area contributed by atoms with Crippen molar-refractivity contribution in [2.75, 3.05) is 0 Å². The van der Waals surface area contributed by atoms with Crippen LogP contribution in [0.3, 0.4) is 0 Å². The van der Waals surface area contributed by atoms with Crippen molar-refractivity contribution in [2.45, 2.75) is 44.1 Å². The predicted octanol–water partition coefficient (Wildman–Crippen LogP) is 1.71. The first-order valence-electron chi connectivity index (χ1n) is 5.27. The van der Waals surface area contributed by atoms with E-state index in [2.05, 4.69) is 0 Å². The Bertz CT molecular complexity index is 274. The summed E-state index contributed by atoms with van der Waals surface area (Å²) in [4.78, 5) is 11.0. The number of hydrogen-bond acceptors (Lipinski definition) is 3. The third kappa shape index (κ3) is 1.57. The smallest absolute Gasteiger partial charge is 0.159 e. The van der Waals surface area contributed by atoms with Crippen molar-refractivity contribution in [2.24, 2.45) is 5.92 Å². The second-order valence-electron chi connectivity index (χ2n) is 4.44. The summed E-state index contributed by atoms with van der Waals surface area (Å²) in [6.07, 6.45) is 5.88. The highest BCUT2D eigenvalue weighted by molar-refractivity contribution is 5.90. The van der Waals surface area contributed by atoms with Gasteiger partial charge in [-0.15, -0.1) is 0 Å². The molecule has 0 spiro atoms. The lowest BCUT2D eigenvalue weighted by molar-refractivity contribution is -0.116. The molecule has 14 heavy (non-hydrogen) atoms. The lowest BCUT2D eigenvalue weighted by Gasteiger charge is -2.33. The molecular weight excluding hydrogens is 180 g/mol. The fraction of sp³-hybridized carbons (Fsp3) is 0.727. The van der Waals surface area contributed by atoms with Gasteiger partial charge in [0, 0.05) is 18.4 Å². The third-order valence-electron chi connectivity index (χ3n) is 3.46. The molecule has 1 fully saturated rings. The predicted molar refractivity (Wildman–Crippen MR) is 51.9 cm³/mol. The van der Waals surface area contributed by atoms with E-state index >= 15 is 0 Å². The molecule has 0 radical (unpaired) electrons. The monoisotopic (exact) mass is 196 g/mol. The molecule has 78 valence electrons. The molecule has 0 bridgehead atoms. The van der Waals surface area contributed by atoms with Gasteiger partial charge in [-0.2, -0.15) is 0 Å². The third-order valence-corrected chi connectivity index (χ3v) is 3.46. The van der Waals surface area contributed by atoms with Gasteiger partial charge in [0.2, 0.25) is 0 Å². The summed E-state index contributed by atoms with van der Waals surface area (Å²) in [6, 6.07) is 0. The lowest BCUT2D eigenvalue weighted by atomic mass is 9.78. The van der Waals surface area contributed by atoms with Gasteiger partial charge in [0.15, 0.2) is 5.78 Å². The molecule has 0 heterocycles. The number of carbonyl (C=O) groups is 1. The van der Waals surface area contributed by atoms with Crippen molar-refractivity contribution in [1.29, 1.82) is 0 Å². The van der Waals surface area contributed by atoms with Crippen LogP contribution in [0.1, 0.15) is 38.5 Å². The summed E-state index contributed by atoms with van der Waals surface area (Å²) in [5.41, 5.74) is -0.749. The van der Waals surface area contributed by atoms with E-state index in [0.717, 1.165) is 25.7 Å². The molecule has 0 saturated heterocycles. The molecule has 2 N–H and O–H groups in total. The maximum atomic E-state index is 11.0. The van der Waals surface area contributed by atoms with Crippen LogP contribution in [0.5, 0.6) is 0 Å². The van der Waals surface area contributed by atoms with Gasteiger partial charge in [-0.25, -0.2) is 0 Å². The van der Waals surface area contributed by atoms with Crippen LogP contribution < -0.4 is 0 Å². The van der Waals surface area contributed by atoms with Gasteiger partial charge in [0.1, 0.15) is 5.76 Å². The first-order chi connectivity index (χ1) is 6.62. The summed E-state index contributed by atoms with van der Waals surface area (Å²) >= 11 is 0. The molecule has 0 aromatic heterocycles. The number of rotatable bonds is 1. The summed E-state index contributed by atoms with van der Waals surface area (Å²) in [7, 11) is 0. The molecule has 2 aliphatic rings. The average molecular weight is 196 g/mol. The van der Waals surface area contributed by atoms with E-state index in [0.29, 0.717) is 12.8 Å². The average Bonchev–Trinajstić information content (AvgIpc) is 2.52. The molecule has 1 saturated carbocycles. The highest BCUT2D eigenvalue weighted by Gasteiger charge is 2.42. The number of hydrogen-bond donors (Lipinski definition) is 2. The molecule has 1 unspecified atom stereocenters. The Kier molecular flexibility index (Phi) is 2.35. The Hall–Kier alpha value is -0.830. The highest BCUT2D eigenvalue weighted by Crippen LogP contribution is 2.42. The van der Waals surface area contributed by atoms with E-state index in [1.54, 1.807) is 0 Å². The Morgan fingerprint density at radius 2 is 2.00 bits per heavy atom. The minimum Gasteiger partial charge on any atom is -0.512 e. The minimum absolute atomic E-state index is 0.0275. The van der Waals surface area contributed by atoms with Crippen molar-refractivity contribution in [3.05, 3.63) is 11.8 Å². The van der Waals surface area contributed by atoms with E-state index in [1.807, 2.05) is 0 Å². The van der Waals surface area contributed by atoms with Crippen LogP contribution in [-0.4, -0.2) is 21.6 Å². The number of aliphatic hydroxyl groups is 2. The van der Waals surface area contributed by atoms with Crippen molar-refractivity contribution in [3.63, 3.8) is 0 Å². The van der Waals surface area contributed by atoms with Crippen LogP contribution in [0, 0.1) is 5.92 Å². The highest BCUT2D eigenvalue weighted by atomic mass is 16.3. The maximum absolute atomic E-state index is 11.0. The lowest BCUT2D eigenvalue weighted by Crippen LogP contribution is -2.38. The molecule has 0 aliphatic heterocycles. The number of aliphatic hydroxyl groups excluding tert-OH is 1. The van der Waals surface area contributed by atoms with Crippen LogP contribution in [0.15, 0.2) is 11.8 Å². The zero-order valence-electron chi connectivity index (χ0n) is 8.20. The van der Waals surface area contributed by atoms with Gasteiger partial charge < -0.3 is 10.2 Å². The zero-order valence-corrected chi connectivity index (χ0v) is 8.20. The largest absolute Gasteiger partial charge is 0.512 e. The second kappa shape index (κ2) is 3.39. The first kappa shape index (κ1) is 9.71. The number of allylic oxidation sites excluding steroid dienone is 1. The van der Waals surface area contributed by atoms with Crippen LogP contribution >= 0.6 is 0 Å². The van der Waals surface area contributed by atoms with Crippen LogP contribution in [0.2, 0.25) is 0 Å². The SMILES string of the molecule is O=C1C=C(O)C(C2(O)CCCC2)CC1. The minimum atomic E-state index is -0.749. The molecule has 0 aromatic rings. The zero-order chi connectivity index (χ0) is 10.2. The quantitative estimate of drug-likeness (QED) is 0.671. The molecule has 2 rings (SSSR count). The van der Waals surface area contributed by atoms with E-state index in [-0.39, 0.29) is 17.5 Å². The van der Waals surface area contributed by atoms with Crippen molar-refractivity contribution in [3.8, 4) is 0 Å². The second-order valence-corrected chi connectivity index (χ2v) is 4.44. The molecule has 1 atom stereocenters. The normalized spacial score (nSPS) is 31.6. The van der Waals surface area contributed by atoms with Gasteiger partial charge in [-0.3, -0.25) is 4.79 Å². The van der Waals surface area contributed by atoms with E-state index in [9.17, 15) is 15.0 Å². The molecule has 0 aromatic carbocycles. The fourth-order valence-electron chi connectivity index (χ4n) is 2.65. The topological polar surface area (TPSA) is 57.5 Å². The van der Waals surface area contributed by atoms with Crippen LogP contribution in [0.25, 0.3) is 0 Å². The van der Waals surface area contributed by atoms with Crippen molar-refractivity contribution < 1.29 is 15.0 Å². The van der Waals surface area contributed by atoms with E-state index in [1.165, 1.54) is 6.08 Å². The fourth-order valence-corrected chi connectivity index (χ4v) is 2.65. The Morgan fingerprint density at radius 3 is 2.57 bits per heavy atom. The van der Waals surface area contributed by atoms with Crippen LogP contribution in [-0.2, 0) is 4.79 Å². The molecular formula is C11H16O3. The number of ketones is 1. The van der Waals surface area contributed by atoms with Gasteiger partial charge in [-0.1, -0.05) is 12.8 Å². The van der Waals surface area contributed by atoms with Crippen molar-refractivity contribution in [1.82, 2.24) is 0 Å². The van der Waals surface area contributed by atoms with E-state index < -0.39 is 5.60 Å². The van der Waals surface area contributed by atoms with Gasteiger partial charge >= 0.3 is 0 Å². The summed E-state index contributed by atoms with van der Waals surface area (Å²) in [5.74, 6) is -0.145. The molecule has 2 aliphatic carbocycles. The maximum Gasteiger partial charge on any atom is 0.159 e.